The fourth-order valence-electron chi connectivity index (χ4n) is 3.49. The van der Waals surface area contributed by atoms with Gasteiger partial charge in [-0.2, -0.15) is 0 Å². The van der Waals surface area contributed by atoms with Crippen LogP contribution in [0.2, 0.25) is 0 Å². The Balaban J connectivity index is 1.48. The summed E-state index contributed by atoms with van der Waals surface area (Å²) in [6, 6.07) is 15.1. The van der Waals surface area contributed by atoms with Crippen LogP contribution < -0.4 is 15.0 Å². The zero-order valence-corrected chi connectivity index (χ0v) is 15.2. The van der Waals surface area contributed by atoms with Gasteiger partial charge in [-0.15, -0.1) is 0 Å². The van der Waals surface area contributed by atoms with Crippen molar-refractivity contribution in [2.45, 2.75) is 13.0 Å². The van der Waals surface area contributed by atoms with Crippen LogP contribution in [0.15, 0.2) is 48.5 Å². The van der Waals surface area contributed by atoms with Crippen molar-refractivity contribution in [3.8, 4) is 5.75 Å². The molecule has 1 N–H and O–H groups in total. The summed E-state index contributed by atoms with van der Waals surface area (Å²) in [5.74, 6) is 0.725. The number of hydrogen-bond donors (Lipinski definition) is 1. The number of benzene rings is 2. The highest BCUT2D eigenvalue weighted by Gasteiger charge is 2.25. The highest BCUT2D eigenvalue weighted by Crippen LogP contribution is 2.32. The van der Waals surface area contributed by atoms with Gasteiger partial charge in [0.15, 0.2) is 6.61 Å². The molecule has 2 aromatic rings. The van der Waals surface area contributed by atoms with Gasteiger partial charge in [0.05, 0.1) is 12.2 Å². The molecule has 2 aromatic carbocycles. The predicted molar refractivity (Wildman–Crippen MR) is 103 cm³/mol. The van der Waals surface area contributed by atoms with E-state index in [1.54, 1.807) is 4.90 Å². The highest BCUT2D eigenvalue weighted by molar-refractivity contribution is 5.98. The maximum Gasteiger partial charge on any atom is 0.265 e. The largest absolute Gasteiger partial charge is 0.482 e. The molecule has 140 valence electrons. The van der Waals surface area contributed by atoms with Crippen LogP contribution in [-0.2, 0) is 11.3 Å². The van der Waals surface area contributed by atoms with E-state index in [4.69, 9.17) is 4.74 Å². The molecule has 0 spiro atoms. The van der Waals surface area contributed by atoms with Crippen molar-refractivity contribution in [1.29, 1.82) is 0 Å². The molecule has 0 aromatic heterocycles. The summed E-state index contributed by atoms with van der Waals surface area (Å²) in [4.78, 5) is 28.6. The molecule has 0 unspecified atom stereocenters. The van der Waals surface area contributed by atoms with E-state index in [0.717, 1.165) is 49.6 Å². The van der Waals surface area contributed by atoms with Gasteiger partial charge >= 0.3 is 0 Å². The SMILES string of the molecule is O=C(c1ccc(CN2C(=O)COc3ccccc32)cc1)N1CCCNCC1. The molecule has 2 aliphatic heterocycles. The van der Waals surface area contributed by atoms with E-state index >= 15 is 0 Å². The van der Waals surface area contributed by atoms with E-state index in [2.05, 4.69) is 5.32 Å². The van der Waals surface area contributed by atoms with E-state index in [0.29, 0.717) is 12.1 Å². The quantitative estimate of drug-likeness (QED) is 0.904. The van der Waals surface area contributed by atoms with Crippen LogP contribution in [0.1, 0.15) is 22.3 Å². The van der Waals surface area contributed by atoms with E-state index in [1.807, 2.05) is 53.4 Å². The Morgan fingerprint density at radius 2 is 1.85 bits per heavy atom. The first kappa shape index (κ1) is 17.5. The van der Waals surface area contributed by atoms with Gasteiger partial charge in [-0.1, -0.05) is 24.3 Å². The van der Waals surface area contributed by atoms with E-state index in [-0.39, 0.29) is 18.4 Å². The number of fused-ring (bicyclic) bond motifs is 1. The van der Waals surface area contributed by atoms with Gasteiger partial charge in [-0.25, -0.2) is 0 Å². The minimum Gasteiger partial charge on any atom is -0.482 e. The number of nitrogens with one attached hydrogen (secondary N) is 1. The Hall–Kier alpha value is -2.86. The minimum atomic E-state index is -0.0640. The lowest BCUT2D eigenvalue weighted by Gasteiger charge is -2.29. The molecular weight excluding hydrogens is 342 g/mol. The third-order valence-electron chi connectivity index (χ3n) is 4.98. The average Bonchev–Trinajstić information content (AvgIpc) is 3.00. The van der Waals surface area contributed by atoms with Crippen LogP contribution in [0.4, 0.5) is 5.69 Å². The molecule has 2 heterocycles. The number of carbonyl (C=O) groups excluding carboxylic acids is 2. The number of amides is 2. The molecule has 6 heteroatoms. The number of anilines is 1. The standard InChI is InChI=1S/C21H23N3O3/c25-20-15-27-19-5-2-1-4-18(19)24(20)14-16-6-8-17(9-7-16)21(26)23-12-3-10-22-11-13-23/h1-2,4-9,22H,3,10-15H2. The normalized spacial score (nSPS) is 17.1. The number of nitrogens with zero attached hydrogens (tertiary/aromatic N) is 2. The first-order chi connectivity index (χ1) is 13.2. The first-order valence-corrected chi connectivity index (χ1v) is 9.33. The summed E-state index contributed by atoms with van der Waals surface area (Å²) in [6.45, 7) is 3.82. The number of para-hydroxylation sites is 2. The van der Waals surface area contributed by atoms with Crippen molar-refractivity contribution in [3.05, 3.63) is 59.7 Å². The molecule has 0 saturated carbocycles. The fraction of sp³-hybridized carbons (Fsp3) is 0.333. The molecule has 0 aliphatic carbocycles. The molecule has 27 heavy (non-hydrogen) atoms. The minimum absolute atomic E-state index is 0.0522. The number of carbonyl (C=O) groups is 2. The maximum atomic E-state index is 12.7. The summed E-state index contributed by atoms with van der Waals surface area (Å²) >= 11 is 0. The van der Waals surface area contributed by atoms with Gasteiger partial charge in [0.1, 0.15) is 5.75 Å². The molecular formula is C21H23N3O3. The van der Waals surface area contributed by atoms with Crippen molar-refractivity contribution in [2.24, 2.45) is 0 Å². The van der Waals surface area contributed by atoms with Crippen molar-refractivity contribution in [2.75, 3.05) is 37.7 Å². The first-order valence-electron chi connectivity index (χ1n) is 9.33. The molecule has 2 amide bonds. The monoisotopic (exact) mass is 365 g/mol. The smallest absolute Gasteiger partial charge is 0.265 e. The van der Waals surface area contributed by atoms with Crippen molar-refractivity contribution < 1.29 is 14.3 Å². The number of ether oxygens (including phenoxy) is 1. The van der Waals surface area contributed by atoms with E-state index < -0.39 is 0 Å². The maximum absolute atomic E-state index is 12.7. The Morgan fingerprint density at radius 1 is 1.04 bits per heavy atom. The summed E-state index contributed by atoms with van der Waals surface area (Å²) in [7, 11) is 0. The molecule has 6 nitrogen and oxygen atoms in total. The van der Waals surface area contributed by atoms with Gasteiger partial charge in [-0.3, -0.25) is 9.59 Å². The third-order valence-corrected chi connectivity index (χ3v) is 4.98. The summed E-state index contributed by atoms with van der Waals surface area (Å²) in [5.41, 5.74) is 2.45. The number of hydrogen-bond acceptors (Lipinski definition) is 4. The Labute approximate surface area is 158 Å². The molecule has 1 saturated heterocycles. The lowest BCUT2D eigenvalue weighted by molar-refractivity contribution is -0.121. The zero-order chi connectivity index (χ0) is 18.6. The second kappa shape index (κ2) is 7.80. The second-order valence-corrected chi connectivity index (χ2v) is 6.83. The number of rotatable bonds is 3. The fourth-order valence-corrected chi connectivity index (χ4v) is 3.49. The van der Waals surface area contributed by atoms with Crippen molar-refractivity contribution >= 4 is 17.5 Å². The molecule has 0 radical (unpaired) electrons. The van der Waals surface area contributed by atoms with Crippen LogP contribution in [0.5, 0.6) is 5.75 Å². The summed E-state index contributed by atoms with van der Waals surface area (Å²) in [6.07, 6.45) is 0.975. The van der Waals surface area contributed by atoms with Crippen molar-refractivity contribution in [3.63, 3.8) is 0 Å². The predicted octanol–water partition coefficient (Wildman–Crippen LogP) is 2.05. The Bertz CT molecular complexity index is 827. The van der Waals surface area contributed by atoms with Crippen LogP contribution in [-0.4, -0.2) is 49.5 Å². The molecule has 0 bridgehead atoms. The van der Waals surface area contributed by atoms with Crippen LogP contribution in [0.25, 0.3) is 0 Å². The Kier molecular flexibility index (Phi) is 5.07. The zero-order valence-electron chi connectivity index (χ0n) is 15.2. The van der Waals surface area contributed by atoms with Gasteiger partial charge in [0, 0.05) is 25.2 Å². The van der Waals surface area contributed by atoms with Gasteiger partial charge in [0.2, 0.25) is 0 Å². The van der Waals surface area contributed by atoms with Crippen LogP contribution in [0, 0.1) is 0 Å². The second-order valence-electron chi connectivity index (χ2n) is 6.83. The lowest BCUT2D eigenvalue weighted by atomic mass is 10.1. The summed E-state index contributed by atoms with van der Waals surface area (Å²) < 4.78 is 5.49. The Morgan fingerprint density at radius 3 is 2.70 bits per heavy atom. The van der Waals surface area contributed by atoms with Gasteiger partial charge < -0.3 is 19.9 Å². The van der Waals surface area contributed by atoms with Crippen LogP contribution in [0.3, 0.4) is 0 Å². The van der Waals surface area contributed by atoms with Gasteiger partial charge in [-0.05, 0) is 42.8 Å². The van der Waals surface area contributed by atoms with Crippen molar-refractivity contribution in [1.82, 2.24) is 10.2 Å². The topological polar surface area (TPSA) is 61.9 Å². The van der Waals surface area contributed by atoms with Crippen LogP contribution >= 0.6 is 0 Å². The van der Waals surface area contributed by atoms with E-state index in [9.17, 15) is 9.59 Å². The summed E-state index contributed by atoms with van der Waals surface area (Å²) in [5, 5.41) is 3.31. The molecule has 4 rings (SSSR count). The molecule has 1 fully saturated rings. The van der Waals surface area contributed by atoms with E-state index in [1.165, 1.54) is 0 Å². The highest BCUT2D eigenvalue weighted by atomic mass is 16.5. The molecule has 0 atom stereocenters. The average molecular weight is 365 g/mol. The van der Waals surface area contributed by atoms with Gasteiger partial charge in [0.25, 0.3) is 11.8 Å². The third kappa shape index (κ3) is 3.80. The molecule has 2 aliphatic rings. The lowest BCUT2D eigenvalue weighted by Crippen LogP contribution is -2.38.